The molecule has 144 valence electrons. The number of benzene rings is 1. The highest BCUT2D eigenvalue weighted by Crippen LogP contribution is 2.25. The summed E-state index contributed by atoms with van der Waals surface area (Å²) >= 11 is 6.33. The third-order valence-corrected chi connectivity index (χ3v) is 5.27. The average Bonchev–Trinajstić information content (AvgIpc) is 2.76. The smallest absolute Gasteiger partial charge is 0.170 e. The first-order chi connectivity index (χ1) is 13.7. The number of oxime groups is 1. The van der Waals surface area contributed by atoms with Gasteiger partial charge in [-0.2, -0.15) is 0 Å². The van der Waals surface area contributed by atoms with E-state index in [1.165, 1.54) is 19.3 Å². The molecule has 6 nitrogen and oxygen atoms in total. The van der Waals surface area contributed by atoms with Gasteiger partial charge in [0.05, 0.1) is 5.52 Å². The quantitative estimate of drug-likeness (QED) is 0.399. The molecule has 0 spiro atoms. The Bertz CT molecular complexity index is 1000. The Labute approximate surface area is 169 Å². The van der Waals surface area contributed by atoms with Crippen LogP contribution in [0.4, 0.5) is 5.82 Å². The monoisotopic (exact) mass is 395 g/mol. The number of amidine groups is 1. The van der Waals surface area contributed by atoms with Crippen molar-refractivity contribution < 1.29 is 4.84 Å². The fourth-order valence-electron chi connectivity index (χ4n) is 3.41. The summed E-state index contributed by atoms with van der Waals surface area (Å²) in [7, 11) is 0. The summed E-state index contributed by atoms with van der Waals surface area (Å²) in [6.07, 6.45) is 7.15. The molecule has 0 atom stereocenters. The van der Waals surface area contributed by atoms with E-state index in [1.54, 1.807) is 12.4 Å². The van der Waals surface area contributed by atoms with Crippen LogP contribution in [0.25, 0.3) is 10.9 Å². The molecule has 2 aromatic heterocycles. The number of nitrogens with zero attached hydrogens (tertiary/aromatic N) is 4. The van der Waals surface area contributed by atoms with Gasteiger partial charge in [-0.15, -0.1) is 0 Å². The van der Waals surface area contributed by atoms with Crippen LogP contribution in [0.2, 0.25) is 5.02 Å². The highest BCUT2D eigenvalue weighted by Gasteiger charge is 2.13. The van der Waals surface area contributed by atoms with Gasteiger partial charge in [0.1, 0.15) is 12.4 Å². The first-order valence-corrected chi connectivity index (χ1v) is 9.79. The molecular weight excluding hydrogens is 374 g/mol. The summed E-state index contributed by atoms with van der Waals surface area (Å²) < 4.78 is 0. The second-order valence-electron chi connectivity index (χ2n) is 6.80. The second kappa shape index (κ2) is 8.44. The zero-order valence-corrected chi connectivity index (χ0v) is 16.3. The molecule has 28 heavy (non-hydrogen) atoms. The normalized spacial score (nSPS) is 15.0. The van der Waals surface area contributed by atoms with E-state index in [1.807, 2.05) is 36.4 Å². The van der Waals surface area contributed by atoms with Crippen molar-refractivity contribution in [2.75, 3.05) is 18.0 Å². The van der Waals surface area contributed by atoms with Gasteiger partial charge in [0.2, 0.25) is 0 Å². The Balaban J connectivity index is 1.49. The summed E-state index contributed by atoms with van der Waals surface area (Å²) in [4.78, 5) is 16.7. The minimum absolute atomic E-state index is 0.192. The molecule has 0 unspecified atom stereocenters. The van der Waals surface area contributed by atoms with Crippen molar-refractivity contribution in [3.63, 3.8) is 0 Å². The van der Waals surface area contributed by atoms with Crippen molar-refractivity contribution >= 4 is 34.2 Å². The molecule has 3 aromatic rings. The van der Waals surface area contributed by atoms with Gasteiger partial charge in [-0.25, -0.2) is 4.98 Å². The lowest BCUT2D eigenvalue weighted by Gasteiger charge is -2.27. The van der Waals surface area contributed by atoms with Crippen LogP contribution in [0, 0.1) is 0 Å². The number of piperidine rings is 1. The molecule has 2 N–H and O–H groups in total. The molecule has 0 amide bonds. The van der Waals surface area contributed by atoms with Gasteiger partial charge in [-0.1, -0.05) is 28.9 Å². The molecule has 7 heteroatoms. The Morgan fingerprint density at radius 2 is 1.96 bits per heavy atom. The van der Waals surface area contributed by atoms with E-state index >= 15 is 0 Å². The number of halogens is 1. The molecule has 4 rings (SSSR count). The standard InChI is InChI=1S/C21H22ClN5O/c22-18-7-6-15-5-4-9-25-20(15)17(18)14-28-26-21(23)16-8-10-24-19(13-16)27-11-2-1-3-12-27/h4-10,13H,1-3,11-12,14H2,(H2,23,26). The Hall–Kier alpha value is -2.86. The molecule has 1 aliphatic heterocycles. The topological polar surface area (TPSA) is 76.6 Å². The van der Waals surface area contributed by atoms with E-state index in [9.17, 15) is 0 Å². The molecule has 3 heterocycles. The molecule has 0 saturated carbocycles. The number of hydrogen-bond acceptors (Lipinski definition) is 5. The number of fused-ring (bicyclic) bond motifs is 1. The molecule has 1 saturated heterocycles. The zero-order chi connectivity index (χ0) is 19.3. The minimum Gasteiger partial charge on any atom is -0.389 e. The van der Waals surface area contributed by atoms with Gasteiger partial charge in [-0.05, 0) is 43.5 Å². The van der Waals surface area contributed by atoms with Crippen LogP contribution < -0.4 is 10.6 Å². The third-order valence-electron chi connectivity index (χ3n) is 4.92. The Morgan fingerprint density at radius 1 is 1.11 bits per heavy atom. The average molecular weight is 396 g/mol. The largest absolute Gasteiger partial charge is 0.389 e. The fraction of sp³-hybridized carbons (Fsp3) is 0.286. The van der Waals surface area contributed by atoms with Crippen LogP contribution in [0.3, 0.4) is 0 Å². The highest BCUT2D eigenvalue weighted by molar-refractivity contribution is 6.32. The third kappa shape index (κ3) is 4.02. The van der Waals surface area contributed by atoms with Crippen molar-refractivity contribution in [2.45, 2.75) is 25.9 Å². The number of hydrogen-bond donors (Lipinski definition) is 1. The van der Waals surface area contributed by atoms with Gasteiger partial charge in [0, 0.05) is 47.0 Å². The van der Waals surface area contributed by atoms with Gasteiger partial charge < -0.3 is 15.5 Å². The number of rotatable bonds is 5. The predicted molar refractivity (Wildman–Crippen MR) is 113 cm³/mol. The Morgan fingerprint density at radius 3 is 2.82 bits per heavy atom. The molecule has 1 aromatic carbocycles. The number of aromatic nitrogens is 2. The van der Waals surface area contributed by atoms with E-state index in [0.717, 1.165) is 40.9 Å². The van der Waals surface area contributed by atoms with Crippen LogP contribution in [0.1, 0.15) is 30.4 Å². The number of anilines is 1. The maximum atomic E-state index is 6.33. The van der Waals surface area contributed by atoms with Crippen LogP contribution in [0.5, 0.6) is 0 Å². The van der Waals surface area contributed by atoms with Crippen molar-refractivity contribution in [3.05, 3.63) is 64.9 Å². The van der Waals surface area contributed by atoms with E-state index in [2.05, 4.69) is 20.0 Å². The molecule has 1 fully saturated rings. The summed E-state index contributed by atoms with van der Waals surface area (Å²) in [6.45, 7) is 2.24. The van der Waals surface area contributed by atoms with Crippen molar-refractivity contribution in [2.24, 2.45) is 10.9 Å². The zero-order valence-electron chi connectivity index (χ0n) is 15.5. The molecule has 0 bridgehead atoms. The maximum absolute atomic E-state index is 6.33. The highest BCUT2D eigenvalue weighted by atomic mass is 35.5. The molecular formula is C21H22ClN5O. The first-order valence-electron chi connectivity index (χ1n) is 9.41. The molecule has 0 radical (unpaired) electrons. The van der Waals surface area contributed by atoms with E-state index in [-0.39, 0.29) is 6.61 Å². The second-order valence-corrected chi connectivity index (χ2v) is 7.21. The molecule has 0 aliphatic carbocycles. The van der Waals surface area contributed by atoms with Crippen molar-refractivity contribution in [1.29, 1.82) is 0 Å². The van der Waals surface area contributed by atoms with Crippen LogP contribution >= 0.6 is 11.6 Å². The van der Waals surface area contributed by atoms with Gasteiger partial charge in [-0.3, -0.25) is 4.98 Å². The minimum atomic E-state index is 0.192. The van der Waals surface area contributed by atoms with Crippen LogP contribution in [-0.2, 0) is 11.4 Å². The lowest BCUT2D eigenvalue weighted by atomic mass is 10.1. The summed E-state index contributed by atoms with van der Waals surface area (Å²) in [5, 5.41) is 5.68. The van der Waals surface area contributed by atoms with Gasteiger partial charge >= 0.3 is 0 Å². The summed E-state index contributed by atoms with van der Waals surface area (Å²) in [6, 6.07) is 11.4. The van der Waals surface area contributed by atoms with Gasteiger partial charge in [0.15, 0.2) is 5.84 Å². The van der Waals surface area contributed by atoms with Crippen LogP contribution in [-0.4, -0.2) is 28.9 Å². The van der Waals surface area contributed by atoms with Gasteiger partial charge in [0.25, 0.3) is 0 Å². The maximum Gasteiger partial charge on any atom is 0.170 e. The van der Waals surface area contributed by atoms with E-state index < -0.39 is 0 Å². The lowest BCUT2D eigenvalue weighted by Crippen LogP contribution is -2.30. The Kier molecular flexibility index (Phi) is 5.58. The summed E-state index contributed by atoms with van der Waals surface area (Å²) in [5.41, 5.74) is 8.53. The fourth-order valence-corrected chi connectivity index (χ4v) is 3.62. The van der Waals surface area contributed by atoms with E-state index in [0.29, 0.717) is 10.9 Å². The SMILES string of the molecule is N/C(=N\OCc1c(Cl)ccc2cccnc12)c1ccnc(N2CCCCC2)c1. The van der Waals surface area contributed by atoms with Crippen molar-refractivity contribution in [1.82, 2.24) is 9.97 Å². The molecule has 1 aliphatic rings. The van der Waals surface area contributed by atoms with Crippen LogP contribution in [0.15, 0.2) is 53.9 Å². The number of pyridine rings is 2. The first kappa shape index (κ1) is 18.5. The van der Waals surface area contributed by atoms with Crippen molar-refractivity contribution in [3.8, 4) is 0 Å². The lowest BCUT2D eigenvalue weighted by molar-refractivity contribution is 0.131. The summed E-state index contributed by atoms with van der Waals surface area (Å²) in [5.74, 6) is 1.24. The predicted octanol–water partition coefficient (Wildman–Crippen LogP) is 4.11. The van der Waals surface area contributed by atoms with E-state index in [4.69, 9.17) is 22.2 Å². The number of nitrogens with two attached hydrogens (primary N) is 1.